The first-order valence-electron chi connectivity index (χ1n) is 13.1. The zero-order valence-electron chi connectivity index (χ0n) is 22.1. The standard InChI is InChI=1S/C30H37N3O5/c1-4-6-17-37-18-11-10-12-23(21(3)34)28-31-29(24-13-8-9-14-26(24)35)33-30(32-28)25-16-15-22(20-27(25)36)38-19-7-5-2/h8-9,11,13-16,18,20,23,34-36H,3-7,10,12,17,19H2,1-2H3/b18-11+. The van der Waals surface area contributed by atoms with Crippen LogP contribution < -0.4 is 4.74 Å². The fourth-order valence-electron chi connectivity index (χ4n) is 3.72. The van der Waals surface area contributed by atoms with Gasteiger partial charge in [0.05, 0.1) is 42.3 Å². The Morgan fingerprint density at radius 1 is 0.921 bits per heavy atom. The Kier molecular flexibility index (Phi) is 11.0. The highest BCUT2D eigenvalue weighted by atomic mass is 16.5. The maximum atomic E-state index is 10.8. The van der Waals surface area contributed by atoms with E-state index in [1.54, 1.807) is 42.7 Å². The Labute approximate surface area is 224 Å². The molecule has 0 saturated carbocycles. The number of phenolic OH excluding ortho intramolecular Hbond substituents is 2. The monoisotopic (exact) mass is 519 g/mol. The summed E-state index contributed by atoms with van der Waals surface area (Å²) in [4.78, 5) is 13.7. The largest absolute Gasteiger partial charge is 0.512 e. The van der Waals surface area contributed by atoms with Crippen molar-refractivity contribution in [3.05, 3.63) is 73.0 Å². The van der Waals surface area contributed by atoms with Crippen LogP contribution in [0.2, 0.25) is 0 Å². The van der Waals surface area contributed by atoms with Crippen LogP contribution in [0.15, 0.2) is 67.1 Å². The Morgan fingerprint density at radius 3 is 2.26 bits per heavy atom. The van der Waals surface area contributed by atoms with Crippen LogP contribution in [0, 0.1) is 0 Å². The van der Waals surface area contributed by atoms with E-state index in [1.807, 2.05) is 6.08 Å². The van der Waals surface area contributed by atoms with Gasteiger partial charge in [-0.25, -0.2) is 15.0 Å². The quantitative estimate of drug-likeness (QED) is 0.144. The number of aromatic hydroxyl groups is 2. The Hall–Kier alpha value is -4.07. The number of aliphatic hydroxyl groups is 1. The lowest BCUT2D eigenvalue weighted by Gasteiger charge is -2.16. The Bertz CT molecular complexity index is 1230. The maximum absolute atomic E-state index is 10.8. The molecule has 202 valence electrons. The Morgan fingerprint density at radius 2 is 1.61 bits per heavy atom. The molecule has 0 saturated heterocycles. The molecule has 1 aromatic heterocycles. The highest BCUT2D eigenvalue weighted by Gasteiger charge is 2.22. The first kappa shape index (κ1) is 28.5. The second kappa shape index (κ2) is 14.6. The smallest absolute Gasteiger partial charge is 0.167 e. The molecule has 0 radical (unpaired) electrons. The van der Waals surface area contributed by atoms with E-state index in [-0.39, 0.29) is 34.7 Å². The minimum atomic E-state index is -0.597. The van der Waals surface area contributed by atoms with E-state index in [4.69, 9.17) is 9.47 Å². The average molecular weight is 520 g/mol. The molecule has 3 rings (SSSR count). The molecule has 0 bridgehead atoms. The van der Waals surface area contributed by atoms with Crippen molar-refractivity contribution in [2.24, 2.45) is 0 Å². The minimum absolute atomic E-state index is 0.00558. The highest BCUT2D eigenvalue weighted by molar-refractivity contribution is 5.69. The van der Waals surface area contributed by atoms with Crippen LogP contribution in [0.3, 0.4) is 0 Å². The van der Waals surface area contributed by atoms with Crippen molar-refractivity contribution >= 4 is 0 Å². The number of phenols is 2. The van der Waals surface area contributed by atoms with Crippen molar-refractivity contribution in [1.29, 1.82) is 0 Å². The molecule has 0 aliphatic rings. The first-order chi connectivity index (χ1) is 18.4. The number of hydrogen-bond donors (Lipinski definition) is 3. The summed E-state index contributed by atoms with van der Waals surface area (Å²) in [6, 6.07) is 11.7. The van der Waals surface area contributed by atoms with Gasteiger partial charge in [-0.2, -0.15) is 0 Å². The fraction of sp³-hybridized carbons (Fsp3) is 0.367. The summed E-state index contributed by atoms with van der Waals surface area (Å²) in [5.41, 5.74) is 0.780. The van der Waals surface area contributed by atoms with Gasteiger partial charge in [0.25, 0.3) is 0 Å². The molecule has 8 heteroatoms. The van der Waals surface area contributed by atoms with Gasteiger partial charge in [0.1, 0.15) is 23.1 Å². The lowest BCUT2D eigenvalue weighted by molar-refractivity contribution is 0.242. The van der Waals surface area contributed by atoms with Crippen molar-refractivity contribution in [1.82, 2.24) is 15.0 Å². The third-order valence-corrected chi connectivity index (χ3v) is 5.92. The van der Waals surface area contributed by atoms with Gasteiger partial charge in [-0.3, -0.25) is 0 Å². The number of allylic oxidation sites excluding steroid dienone is 2. The lowest BCUT2D eigenvalue weighted by Crippen LogP contribution is -2.10. The summed E-state index contributed by atoms with van der Waals surface area (Å²) >= 11 is 0. The molecular formula is C30H37N3O5. The second-order valence-electron chi connectivity index (χ2n) is 8.96. The van der Waals surface area contributed by atoms with Gasteiger partial charge in [-0.1, -0.05) is 45.4 Å². The third kappa shape index (κ3) is 7.96. The van der Waals surface area contributed by atoms with Gasteiger partial charge in [0.15, 0.2) is 11.6 Å². The van der Waals surface area contributed by atoms with Crippen molar-refractivity contribution in [2.45, 2.75) is 58.3 Å². The number of nitrogens with zero attached hydrogens (tertiary/aromatic N) is 3. The number of ether oxygens (including phenoxy) is 2. The fourth-order valence-corrected chi connectivity index (χ4v) is 3.72. The summed E-state index contributed by atoms with van der Waals surface area (Å²) < 4.78 is 11.2. The molecule has 0 aliphatic heterocycles. The highest BCUT2D eigenvalue weighted by Crippen LogP contribution is 2.35. The number of unbranched alkanes of at least 4 members (excludes halogenated alkanes) is 2. The van der Waals surface area contributed by atoms with Crippen LogP contribution in [-0.4, -0.2) is 43.5 Å². The predicted molar refractivity (Wildman–Crippen MR) is 148 cm³/mol. The normalized spacial score (nSPS) is 11.9. The lowest BCUT2D eigenvalue weighted by atomic mass is 10.00. The number of hydrogen-bond acceptors (Lipinski definition) is 8. The first-order valence-corrected chi connectivity index (χ1v) is 13.1. The number of rotatable bonds is 15. The molecule has 1 unspecified atom stereocenters. The van der Waals surface area contributed by atoms with Gasteiger partial charge in [0, 0.05) is 6.07 Å². The number of aliphatic hydroxyl groups excluding tert-OH is 1. The molecule has 2 aromatic carbocycles. The number of aromatic nitrogens is 3. The summed E-state index contributed by atoms with van der Waals surface area (Å²) in [6.07, 6.45) is 8.60. The van der Waals surface area contributed by atoms with E-state index >= 15 is 0 Å². The Balaban J connectivity index is 1.97. The molecule has 1 heterocycles. The molecule has 3 aromatic rings. The summed E-state index contributed by atoms with van der Waals surface area (Å²) in [5.74, 6) is 0.520. The molecular weight excluding hydrogens is 482 g/mol. The minimum Gasteiger partial charge on any atom is -0.512 e. The summed E-state index contributed by atoms with van der Waals surface area (Å²) in [7, 11) is 0. The van der Waals surface area contributed by atoms with Crippen LogP contribution in [0.5, 0.6) is 17.2 Å². The molecule has 8 nitrogen and oxygen atoms in total. The van der Waals surface area contributed by atoms with Crippen LogP contribution in [-0.2, 0) is 4.74 Å². The van der Waals surface area contributed by atoms with Crippen LogP contribution in [0.25, 0.3) is 22.8 Å². The SMILES string of the molecule is C=C(O)C(CC/C=C/OCCCC)c1nc(-c2ccccc2O)nc(-c2ccc(OCCCC)cc2O)n1. The second-order valence-corrected chi connectivity index (χ2v) is 8.96. The van der Waals surface area contributed by atoms with Gasteiger partial charge in [0.2, 0.25) is 0 Å². The maximum Gasteiger partial charge on any atom is 0.167 e. The van der Waals surface area contributed by atoms with E-state index in [2.05, 4.69) is 35.4 Å². The van der Waals surface area contributed by atoms with Gasteiger partial charge in [-0.05, 0) is 56.0 Å². The van der Waals surface area contributed by atoms with Gasteiger partial charge >= 0.3 is 0 Å². The molecule has 38 heavy (non-hydrogen) atoms. The molecule has 0 spiro atoms. The van der Waals surface area contributed by atoms with Crippen LogP contribution in [0.4, 0.5) is 0 Å². The summed E-state index contributed by atoms with van der Waals surface area (Å²) in [6.45, 7) is 9.15. The molecule has 1 atom stereocenters. The summed E-state index contributed by atoms with van der Waals surface area (Å²) in [5, 5.41) is 31.7. The zero-order chi connectivity index (χ0) is 27.3. The number of benzene rings is 2. The van der Waals surface area contributed by atoms with Crippen LogP contribution >= 0.6 is 0 Å². The zero-order valence-corrected chi connectivity index (χ0v) is 22.1. The molecule has 0 amide bonds. The van der Waals surface area contributed by atoms with Crippen LogP contribution in [0.1, 0.15) is 64.1 Å². The van der Waals surface area contributed by atoms with Gasteiger partial charge in [-0.15, -0.1) is 0 Å². The van der Waals surface area contributed by atoms with Crippen molar-refractivity contribution in [3.8, 4) is 40.0 Å². The topological polar surface area (TPSA) is 118 Å². The van der Waals surface area contributed by atoms with Crippen molar-refractivity contribution < 1.29 is 24.8 Å². The van der Waals surface area contributed by atoms with Crippen molar-refractivity contribution in [3.63, 3.8) is 0 Å². The van der Waals surface area contributed by atoms with E-state index < -0.39 is 5.92 Å². The van der Waals surface area contributed by atoms with E-state index in [9.17, 15) is 15.3 Å². The van der Waals surface area contributed by atoms with E-state index in [0.717, 1.165) is 25.7 Å². The average Bonchev–Trinajstić information content (AvgIpc) is 2.90. The van der Waals surface area contributed by atoms with E-state index in [1.165, 1.54) is 6.07 Å². The number of para-hydroxylation sites is 1. The van der Waals surface area contributed by atoms with Gasteiger partial charge < -0.3 is 24.8 Å². The predicted octanol–water partition coefficient (Wildman–Crippen LogP) is 7.06. The van der Waals surface area contributed by atoms with E-state index in [0.29, 0.717) is 42.9 Å². The van der Waals surface area contributed by atoms with Crippen molar-refractivity contribution in [2.75, 3.05) is 13.2 Å². The molecule has 0 aliphatic carbocycles. The third-order valence-electron chi connectivity index (χ3n) is 5.92. The molecule has 3 N–H and O–H groups in total. The molecule has 0 fully saturated rings.